The highest BCUT2D eigenvalue weighted by Crippen LogP contribution is 2.40. The Morgan fingerprint density at radius 1 is 0.793 bits per heavy atom. The molecule has 0 atom stereocenters. The van der Waals surface area contributed by atoms with Crippen molar-refractivity contribution in [1.29, 1.82) is 0 Å². The maximum atomic E-state index is 12.6. The van der Waals surface area contributed by atoms with E-state index >= 15 is 0 Å². The molecule has 0 aliphatic carbocycles. The van der Waals surface area contributed by atoms with Crippen molar-refractivity contribution in [2.75, 3.05) is 26.6 Å². The molecule has 148 valence electrons. The van der Waals surface area contributed by atoms with Gasteiger partial charge in [-0.2, -0.15) is 0 Å². The molecule has 1 N–H and O–H groups in total. The van der Waals surface area contributed by atoms with Crippen LogP contribution in [-0.4, -0.2) is 27.2 Å². The first kappa shape index (κ1) is 20.0. The number of methoxy groups -OCH3 is 3. The molecular formula is C24H23NO4. The first-order valence-corrected chi connectivity index (χ1v) is 9.10. The molecule has 0 aromatic heterocycles. The summed E-state index contributed by atoms with van der Waals surface area (Å²) < 4.78 is 16.1. The van der Waals surface area contributed by atoms with E-state index in [4.69, 9.17) is 14.2 Å². The van der Waals surface area contributed by atoms with E-state index < -0.39 is 0 Å². The van der Waals surface area contributed by atoms with Gasteiger partial charge in [0.15, 0.2) is 11.5 Å². The minimum absolute atomic E-state index is 0.245. The smallest absolute Gasteiger partial charge is 0.248 e. The van der Waals surface area contributed by atoms with Gasteiger partial charge in [0.1, 0.15) is 0 Å². The number of carbonyl (C=O) groups excluding carboxylic acids is 1. The first-order valence-electron chi connectivity index (χ1n) is 9.10. The fourth-order valence-electron chi connectivity index (χ4n) is 3.06. The lowest BCUT2D eigenvalue weighted by Crippen LogP contribution is -2.08. The number of hydrogen-bond acceptors (Lipinski definition) is 4. The SMILES string of the molecule is COc1ccc(/C=C/C(=O)Nc2ccccc2-c2ccccc2)c(OC)c1OC. The van der Waals surface area contributed by atoms with E-state index in [1.807, 2.05) is 60.7 Å². The van der Waals surface area contributed by atoms with E-state index in [9.17, 15) is 4.79 Å². The second-order valence-electron chi connectivity index (χ2n) is 6.16. The molecular weight excluding hydrogens is 366 g/mol. The van der Waals surface area contributed by atoms with Crippen molar-refractivity contribution in [1.82, 2.24) is 0 Å². The number of hydrogen-bond donors (Lipinski definition) is 1. The van der Waals surface area contributed by atoms with Gasteiger partial charge in [0, 0.05) is 22.9 Å². The van der Waals surface area contributed by atoms with Crippen molar-refractivity contribution < 1.29 is 19.0 Å². The van der Waals surface area contributed by atoms with E-state index in [2.05, 4.69) is 5.32 Å². The number of amides is 1. The van der Waals surface area contributed by atoms with Gasteiger partial charge in [-0.15, -0.1) is 0 Å². The molecule has 5 heteroatoms. The van der Waals surface area contributed by atoms with E-state index in [-0.39, 0.29) is 5.91 Å². The third kappa shape index (κ3) is 4.58. The summed E-state index contributed by atoms with van der Waals surface area (Å²) in [6.07, 6.45) is 3.15. The molecule has 0 spiro atoms. The molecule has 0 heterocycles. The van der Waals surface area contributed by atoms with E-state index in [1.165, 1.54) is 6.08 Å². The van der Waals surface area contributed by atoms with Gasteiger partial charge in [0.25, 0.3) is 0 Å². The zero-order chi connectivity index (χ0) is 20.6. The van der Waals surface area contributed by atoms with Gasteiger partial charge in [-0.25, -0.2) is 0 Å². The van der Waals surface area contributed by atoms with Crippen LogP contribution in [0, 0.1) is 0 Å². The molecule has 0 aliphatic heterocycles. The Labute approximate surface area is 170 Å². The largest absolute Gasteiger partial charge is 0.493 e. The second-order valence-corrected chi connectivity index (χ2v) is 6.16. The summed E-state index contributed by atoms with van der Waals surface area (Å²) in [5.41, 5.74) is 3.44. The van der Waals surface area contributed by atoms with Gasteiger partial charge < -0.3 is 19.5 Å². The Morgan fingerprint density at radius 2 is 1.48 bits per heavy atom. The Kier molecular flexibility index (Phi) is 6.53. The van der Waals surface area contributed by atoms with Crippen LogP contribution in [0.25, 0.3) is 17.2 Å². The van der Waals surface area contributed by atoms with E-state index in [1.54, 1.807) is 33.5 Å². The molecule has 3 aromatic carbocycles. The predicted octanol–water partition coefficient (Wildman–Crippen LogP) is 5.03. The zero-order valence-electron chi connectivity index (χ0n) is 16.6. The maximum Gasteiger partial charge on any atom is 0.248 e. The number of ether oxygens (including phenoxy) is 3. The molecule has 29 heavy (non-hydrogen) atoms. The van der Waals surface area contributed by atoms with Crippen molar-refractivity contribution in [3.05, 3.63) is 78.4 Å². The highest BCUT2D eigenvalue weighted by atomic mass is 16.5. The molecule has 3 aromatic rings. The summed E-state index contributed by atoms with van der Waals surface area (Å²) in [5, 5.41) is 2.95. The molecule has 1 amide bonds. The minimum Gasteiger partial charge on any atom is -0.493 e. The average molecular weight is 389 g/mol. The number of benzene rings is 3. The highest BCUT2D eigenvalue weighted by molar-refractivity contribution is 6.04. The molecule has 0 saturated heterocycles. The van der Waals surface area contributed by atoms with Crippen LogP contribution in [-0.2, 0) is 4.79 Å². The number of nitrogens with one attached hydrogen (secondary N) is 1. The third-order valence-corrected chi connectivity index (χ3v) is 4.42. The predicted molar refractivity (Wildman–Crippen MR) is 116 cm³/mol. The molecule has 0 saturated carbocycles. The van der Waals surface area contributed by atoms with E-state index in [0.29, 0.717) is 22.8 Å². The summed E-state index contributed by atoms with van der Waals surface area (Å²) in [6.45, 7) is 0. The number of anilines is 1. The van der Waals surface area contributed by atoms with Crippen LogP contribution in [0.5, 0.6) is 17.2 Å². The fraction of sp³-hybridized carbons (Fsp3) is 0.125. The summed E-state index contributed by atoms with van der Waals surface area (Å²) in [4.78, 5) is 12.6. The van der Waals surface area contributed by atoms with Gasteiger partial charge in [0.05, 0.1) is 21.3 Å². The van der Waals surface area contributed by atoms with Crippen molar-refractivity contribution >= 4 is 17.7 Å². The van der Waals surface area contributed by atoms with E-state index in [0.717, 1.165) is 16.8 Å². The highest BCUT2D eigenvalue weighted by Gasteiger charge is 2.14. The van der Waals surface area contributed by atoms with Crippen molar-refractivity contribution in [2.45, 2.75) is 0 Å². The lowest BCUT2D eigenvalue weighted by molar-refractivity contribution is -0.111. The van der Waals surface area contributed by atoms with Crippen LogP contribution in [0.3, 0.4) is 0 Å². The van der Waals surface area contributed by atoms with Crippen LogP contribution in [0.1, 0.15) is 5.56 Å². The lowest BCUT2D eigenvalue weighted by atomic mass is 10.0. The van der Waals surface area contributed by atoms with Crippen molar-refractivity contribution in [2.24, 2.45) is 0 Å². The van der Waals surface area contributed by atoms with Crippen molar-refractivity contribution in [3.63, 3.8) is 0 Å². The van der Waals surface area contributed by atoms with Gasteiger partial charge in [-0.05, 0) is 29.8 Å². The standard InChI is InChI=1S/C24H23NO4/c1-27-21-15-13-18(23(28-2)24(21)29-3)14-16-22(26)25-20-12-8-7-11-19(20)17-9-5-4-6-10-17/h4-16H,1-3H3,(H,25,26)/b16-14+. The van der Waals surface area contributed by atoms with Gasteiger partial charge in [-0.3, -0.25) is 4.79 Å². The fourth-order valence-corrected chi connectivity index (χ4v) is 3.06. The third-order valence-electron chi connectivity index (χ3n) is 4.42. The molecule has 0 fully saturated rings. The monoisotopic (exact) mass is 389 g/mol. The molecule has 0 bridgehead atoms. The topological polar surface area (TPSA) is 56.8 Å². The number of rotatable bonds is 7. The lowest BCUT2D eigenvalue weighted by Gasteiger charge is -2.14. The zero-order valence-corrected chi connectivity index (χ0v) is 16.6. The first-order chi connectivity index (χ1) is 14.2. The van der Waals surface area contributed by atoms with Gasteiger partial charge in [-0.1, -0.05) is 48.5 Å². The Bertz CT molecular complexity index is 1010. The molecule has 0 unspecified atom stereocenters. The van der Waals surface area contributed by atoms with Gasteiger partial charge in [0.2, 0.25) is 11.7 Å². The normalized spacial score (nSPS) is 10.6. The average Bonchev–Trinajstić information content (AvgIpc) is 2.77. The quantitative estimate of drug-likeness (QED) is 0.576. The Balaban J connectivity index is 1.83. The molecule has 0 radical (unpaired) electrons. The van der Waals surface area contributed by atoms with Crippen LogP contribution >= 0.6 is 0 Å². The maximum absolute atomic E-state index is 12.6. The van der Waals surface area contributed by atoms with Crippen LogP contribution in [0.15, 0.2) is 72.8 Å². The number of para-hydroxylation sites is 1. The molecule has 5 nitrogen and oxygen atoms in total. The summed E-state index contributed by atoms with van der Waals surface area (Å²) in [5.74, 6) is 1.29. The van der Waals surface area contributed by atoms with Crippen LogP contribution in [0.2, 0.25) is 0 Å². The second kappa shape index (κ2) is 9.46. The summed E-state index contributed by atoms with van der Waals surface area (Å²) >= 11 is 0. The Morgan fingerprint density at radius 3 is 2.17 bits per heavy atom. The Hall–Kier alpha value is -3.73. The van der Waals surface area contributed by atoms with Crippen LogP contribution < -0.4 is 19.5 Å². The molecule has 0 aliphatic rings. The van der Waals surface area contributed by atoms with Crippen molar-refractivity contribution in [3.8, 4) is 28.4 Å². The summed E-state index contributed by atoms with van der Waals surface area (Å²) in [7, 11) is 4.65. The van der Waals surface area contributed by atoms with Crippen LogP contribution in [0.4, 0.5) is 5.69 Å². The molecule has 3 rings (SSSR count). The number of carbonyl (C=O) groups is 1. The summed E-state index contributed by atoms with van der Waals surface area (Å²) in [6, 6.07) is 21.2. The minimum atomic E-state index is -0.245. The van der Waals surface area contributed by atoms with Gasteiger partial charge >= 0.3 is 0 Å².